The third-order valence-corrected chi connectivity index (χ3v) is 7.18. The van der Waals surface area contributed by atoms with Gasteiger partial charge in [0.1, 0.15) is 0 Å². The highest BCUT2D eigenvalue weighted by atomic mass is 32.1. The lowest BCUT2D eigenvalue weighted by molar-refractivity contribution is 0.0571. The Morgan fingerprint density at radius 2 is 1.96 bits per heavy atom. The fourth-order valence-corrected chi connectivity index (χ4v) is 5.41. The fraction of sp³-hybridized carbons (Fsp3) is 0.455. The van der Waals surface area contributed by atoms with Crippen LogP contribution in [0.5, 0.6) is 0 Å². The van der Waals surface area contributed by atoms with Crippen LogP contribution in [0.3, 0.4) is 0 Å². The van der Waals surface area contributed by atoms with Gasteiger partial charge in [0.15, 0.2) is 0 Å². The van der Waals surface area contributed by atoms with Crippen LogP contribution < -0.4 is 5.32 Å². The molecule has 27 heavy (non-hydrogen) atoms. The van der Waals surface area contributed by atoms with Crippen molar-refractivity contribution in [2.75, 3.05) is 40.3 Å². The van der Waals surface area contributed by atoms with Crippen molar-refractivity contribution in [3.63, 3.8) is 0 Å². The Morgan fingerprint density at radius 1 is 1.15 bits per heavy atom. The van der Waals surface area contributed by atoms with Crippen molar-refractivity contribution in [2.45, 2.75) is 24.9 Å². The Labute approximate surface area is 166 Å². The Balaban J connectivity index is 1.26. The number of nitrogens with zero attached hydrogens (tertiary/aromatic N) is 2. The van der Waals surface area contributed by atoms with Crippen LogP contribution in [0, 0.1) is 0 Å². The van der Waals surface area contributed by atoms with Crippen LogP contribution in [0.4, 0.5) is 0 Å². The summed E-state index contributed by atoms with van der Waals surface area (Å²) in [6.45, 7) is 5.42. The van der Waals surface area contributed by atoms with Gasteiger partial charge in [-0.25, -0.2) is 0 Å². The summed E-state index contributed by atoms with van der Waals surface area (Å²) >= 11 is 1.90. The molecular formula is C22H30N4S. The van der Waals surface area contributed by atoms with Crippen molar-refractivity contribution >= 4 is 22.2 Å². The summed E-state index contributed by atoms with van der Waals surface area (Å²) in [5.41, 5.74) is 2.80. The first-order chi connectivity index (χ1) is 13.2. The molecule has 1 aromatic carbocycles. The van der Waals surface area contributed by atoms with Crippen LogP contribution in [0.2, 0.25) is 0 Å². The van der Waals surface area contributed by atoms with Crippen molar-refractivity contribution in [1.82, 2.24) is 20.1 Å². The lowest BCUT2D eigenvalue weighted by Crippen LogP contribution is -2.50. The number of thiophene rings is 1. The number of para-hydroxylation sites is 1. The highest BCUT2D eigenvalue weighted by Gasteiger charge is 2.38. The molecule has 0 amide bonds. The van der Waals surface area contributed by atoms with Crippen LogP contribution in [-0.2, 0) is 12.1 Å². The van der Waals surface area contributed by atoms with Gasteiger partial charge in [0.05, 0.1) is 5.54 Å². The third kappa shape index (κ3) is 3.83. The van der Waals surface area contributed by atoms with Crippen molar-refractivity contribution in [2.24, 2.45) is 0 Å². The quantitative estimate of drug-likeness (QED) is 0.609. The molecule has 0 unspecified atom stereocenters. The van der Waals surface area contributed by atoms with Crippen molar-refractivity contribution in [3.8, 4) is 0 Å². The molecule has 0 saturated carbocycles. The van der Waals surface area contributed by atoms with Crippen LogP contribution in [0.25, 0.3) is 10.9 Å². The second kappa shape index (κ2) is 8.15. The van der Waals surface area contributed by atoms with Gasteiger partial charge in [0.25, 0.3) is 0 Å². The molecule has 4 rings (SSSR count). The first-order valence-electron chi connectivity index (χ1n) is 9.88. The largest absolute Gasteiger partial charge is 0.361 e. The Bertz CT molecular complexity index is 844. The number of aromatic nitrogens is 1. The fourth-order valence-electron chi connectivity index (χ4n) is 4.34. The van der Waals surface area contributed by atoms with E-state index in [4.69, 9.17) is 0 Å². The predicted octanol–water partition coefficient (Wildman–Crippen LogP) is 3.87. The number of rotatable bonds is 7. The topological polar surface area (TPSA) is 34.3 Å². The van der Waals surface area contributed by atoms with Gasteiger partial charge in [-0.05, 0) is 50.0 Å². The Hall–Kier alpha value is -1.66. The van der Waals surface area contributed by atoms with Crippen LogP contribution >= 0.6 is 11.3 Å². The van der Waals surface area contributed by atoms with E-state index in [1.807, 2.05) is 11.3 Å². The highest BCUT2D eigenvalue weighted by Crippen LogP contribution is 2.39. The zero-order valence-electron chi connectivity index (χ0n) is 16.4. The molecule has 1 aliphatic rings. The van der Waals surface area contributed by atoms with Crippen LogP contribution in [-0.4, -0.2) is 55.1 Å². The Morgan fingerprint density at radius 3 is 2.70 bits per heavy atom. The summed E-state index contributed by atoms with van der Waals surface area (Å²) < 4.78 is 0. The maximum Gasteiger partial charge on any atom is 0.0573 e. The molecule has 0 radical (unpaired) electrons. The first kappa shape index (κ1) is 18.7. The molecule has 2 N–H and O–H groups in total. The minimum Gasteiger partial charge on any atom is -0.361 e. The maximum atomic E-state index is 3.63. The smallest absolute Gasteiger partial charge is 0.0573 e. The van der Waals surface area contributed by atoms with Gasteiger partial charge < -0.3 is 15.2 Å². The van der Waals surface area contributed by atoms with Gasteiger partial charge in [-0.3, -0.25) is 4.90 Å². The van der Waals surface area contributed by atoms with E-state index >= 15 is 0 Å². The number of likely N-dealkylation sites (tertiary alicyclic amines) is 1. The van der Waals surface area contributed by atoms with Gasteiger partial charge in [-0.2, -0.15) is 0 Å². The number of H-pyrrole nitrogens is 1. The standard InChI is InChI=1S/C22H30N4S/c1-25(2)22(21-8-5-15-27-21)9-12-26(13-10-22)14-11-23-16-18-17-24-20-7-4-3-6-19(18)20/h3-8,15,17,23-24H,9-14,16H2,1-2H3. The molecule has 3 aromatic rings. The molecule has 0 bridgehead atoms. The van der Waals surface area contributed by atoms with Crippen LogP contribution in [0.1, 0.15) is 23.3 Å². The summed E-state index contributed by atoms with van der Waals surface area (Å²) in [7, 11) is 4.47. The minimum atomic E-state index is 0.224. The van der Waals surface area contributed by atoms with Gasteiger partial charge in [0.2, 0.25) is 0 Å². The molecule has 1 fully saturated rings. The van der Waals surface area contributed by atoms with Crippen molar-refractivity contribution in [3.05, 3.63) is 58.4 Å². The molecular weight excluding hydrogens is 352 g/mol. The minimum absolute atomic E-state index is 0.224. The molecule has 5 heteroatoms. The number of nitrogens with one attached hydrogen (secondary N) is 2. The molecule has 144 valence electrons. The molecule has 0 aliphatic carbocycles. The zero-order chi connectivity index (χ0) is 18.7. The van der Waals surface area contributed by atoms with E-state index in [9.17, 15) is 0 Å². The molecule has 3 heterocycles. The summed E-state index contributed by atoms with van der Waals surface area (Å²) in [5, 5.41) is 7.17. The SMILES string of the molecule is CN(C)C1(c2cccs2)CCN(CCNCc2c[nH]c3ccccc23)CC1. The molecule has 0 spiro atoms. The van der Waals surface area contributed by atoms with E-state index in [2.05, 4.69) is 82.2 Å². The van der Waals surface area contributed by atoms with Crippen LogP contribution in [0.15, 0.2) is 48.0 Å². The van der Waals surface area contributed by atoms with Gasteiger partial charge >= 0.3 is 0 Å². The monoisotopic (exact) mass is 382 g/mol. The maximum absolute atomic E-state index is 3.63. The zero-order valence-corrected chi connectivity index (χ0v) is 17.2. The number of hydrogen-bond donors (Lipinski definition) is 2. The number of hydrogen-bond acceptors (Lipinski definition) is 4. The van der Waals surface area contributed by atoms with E-state index in [0.29, 0.717) is 0 Å². The van der Waals surface area contributed by atoms with Crippen molar-refractivity contribution < 1.29 is 0 Å². The van der Waals surface area contributed by atoms with E-state index in [1.165, 1.54) is 47.3 Å². The van der Waals surface area contributed by atoms with Gasteiger partial charge in [0, 0.05) is 54.7 Å². The molecule has 0 atom stereocenters. The number of aromatic amines is 1. The average molecular weight is 383 g/mol. The average Bonchev–Trinajstić information content (AvgIpc) is 3.36. The number of benzene rings is 1. The van der Waals surface area contributed by atoms with Crippen molar-refractivity contribution in [1.29, 1.82) is 0 Å². The summed E-state index contributed by atoms with van der Waals surface area (Å²) in [6, 6.07) is 13.0. The normalized spacial score (nSPS) is 17.7. The van der Waals surface area contributed by atoms with E-state index in [-0.39, 0.29) is 5.54 Å². The second-order valence-corrected chi connectivity index (χ2v) is 8.73. The highest BCUT2D eigenvalue weighted by molar-refractivity contribution is 7.10. The molecule has 4 nitrogen and oxygen atoms in total. The van der Waals surface area contributed by atoms with E-state index in [0.717, 1.165) is 19.6 Å². The summed E-state index contributed by atoms with van der Waals surface area (Å²) in [4.78, 5) is 9.92. The second-order valence-electron chi connectivity index (χ2n) is 7.78. The molecule has 2 aromatic heterocycles. The number of piperidine rings is 1. The molecule has 1 saturated heterocycles. The number of fused-ring (bicyclic) bond motifs is 1. The van der Waals surface area contributed by atoms with Gasteiger partial charge in [-0.15, -0.1) is 11.3 Å². The lowest BCUT2D eigenvalue weighted by Gasteiger charge is -2.45. The molecule has 1 aliphatic heterocycles. The van der Waals surface area contributed by atoms with E-state index < -0.39 is 0 Å². The lowest BCUT2D eigenvalue weighted by atomic mass is 9.84. The Kier molecular flexibility index (Phi) is 5.64. The van der Waals surface area contributed by atoms with E-state index in [1.54, 1.807) is 0 Å². The predicted molar refractivity (Wildman–Crippen MR) is 115 cm³/mol. The first-order valence-corrected chi connectivity index (χ1v) is 10.8. The summed E-state index contributed by atoms with van der Waals surface area (Å²) in [5.74, 6) is 0. The van der Waals surface area contributed by atoms with Gasteiger partial charge in [-0.1, -0.05) is 24.3 Å². The third-order valence-electron chi connectivity index (χ3n) is 6.11. The summed E-state index contributed by atoms with van der Waals surface area (Å²) in [6.07, 6.45) is 4.55.